The summed E-state index contributed by atoms with van der Waals surface area (Å²) in [5.41, 5.74) is 1.93. The van der Waals surface area contributed by atoms with Crippen LogP contribution in [-0.4, -0.2) is 23.5 Å². The van der Waals surface area contributed by atoms with Gasteiger partial charge in [-0.05, 0) is 49.4 Å². The number of carboxylic acid groups (broad SMARTS) is 1. The van der Waals surface area contributed by atoms with Crippen molar-refractivity contribution in [3.05, 3.63) is 29.3 Å². The second-order valence-corrected chi connectivity index (χ2v) is 4.08. The van der Waals surface area contributed by atoms with Crippen LogP contribution in [0.25, 0.3) is 0 Å². The molecule has 1 aromatic rings. The number of nitrogens with zero attached hydrogens (tertiary/aromatic N) is 1. The van der Waals surface area contributed by atoms with Gasteiger partial charge in [0.25, 0.3) is 0 Å². The van der Waals surface area contributed by atoms with Crippen LogP contribution in [0.2, 0.25) is 0 Å². The van der Waals surface area contributed by atoms with Gasteiger partial charge in [-0.1, -0.05) is 5.92 Å². The maximum absolute atomic E-state index is 11.8. The van der Waals surface area contributed by atoms with Gasteiger partial charge in [-0.2, -0.15) is 0 Å². The summed E-state index contributed by atoms with van der Waals surface area (Å²) in [6, 6.07) is 4.84. The Morgan fingerprint density at radius 3 is 2.83 bits per heavy atom. The van der Waals surface area contributed by atoms with Gasteiger partial charge in [0.05, 0.1) is 5.56 Å². The Labute approximate surface area is 105 Å². The van der Waals surface area contributed by atoms with Crippen LogP contribution in [0.1, 0.15) is 29.3 Å². The third-order valence-corrected chi connectivity index (χ3v) is 2.92. The summed E-state index contributed by atoms with van der Waals surface area (Å²) < 4.78 is 0. The molecule has 0 fully saturated rings. The molecule has 0 aromatic heterocycles. The van der Waals surface area contributed by atoms with E-state index in [2.05, 4.69) is 11.8 Å². The van der Waals surface area contributed by atoms with Crippen molar-refractivity contribution in [2.75, 3.05) is 11.4 Å². The molecule has 4 nitrogen and oxygen atoms in total. The number of aromatic carboxylic acids is 1. The van der Waals surface area contributed by atoms with Crippen LogP contribution < -0.4 is 4.90 Å². The molecular weight excluding hydrogens is 230 g/mol. The van der Waals surface area contributed by atoms with Crippen molar-refractivity contribution in [3.8, 4) is 11.8 Å². The van der Waals surface area contributed by atoms with Gasteiger partial charge in [0, 0.05) is 12.2 Å². The molecule has 0 bridgehead atoms. The predicted octanol–water partition coefficient (Wildman–Crippen LogP) is 1.69. The molecule has 1 aromatic carbocycles. The monoisotopic (exact) mass is 243 g/mol. The third kappa shape index (κ3) is 2.21. The van der Waals surface area contributed by atoms with E-state index in [0.717, 1.165) is 24.1 Å². The van der Waals surface area contributed by atoms with Crippen LogP contribution in [-0.2, 0) is 11.2 Å². The van der Waals surface area contributed by atoms with Gasteiger partial charge in [-0.15, -0.1) is 0 Å². The van der Waals surface area contributed by atoms with E-state index < -0.39 is 5.97 Å². The average molecular weight is 243 g/mol. The van der Waals surface area contributed by atoms with Crippen molar-refractivity contribution >= 4 is 17.6 Å². The second-order valence-electron chi connectivity index (χ2n) is 4.08. The lowest BCUT2D eigenvalue weighted by molar-refractivity contribution is -0.113. The molecule has 1 N–H and O–H groups in total. The Morgan fingerprint density at radius 2 is 2.17 bits per heavy atom. The van der Waals surface area contributed by atoms with E-state index >= 15 is 0 Å². The molecule has 92 valence electrons. The zero-order chi connectivity index (χ0) is 13.1. The van der Waals surface area contributed by atoms with E-state index in [1.165, 1.54) is 6.07 Å². The van der Waals surface area contributed by atoms with Crippen molar-refractivity contribution < 1.29 is 14.7 Å². The number of carboxylic acids is 1. The molecule has 0 unspecified atom stereocenters. The number of carbonyl (C=O) groups is 2. The lowest BCUT2D eigenvalue weighted by Gasteiger charge is -2.28. The quantitative estimate of drug-likeness (QED) is 0.763. The van der Waals surface area contributed by atoms with Crippen molar-refractivity contribution in [3.63, 3.8) is 0 Å². The minimum atomic E-state index is -0.949. The maximum atomic E-state index is 11.8. The van der Waals surface area contributed by atoms with Crippen LogP contribution in [0, 0.1) is 11.8 Å². The summed E-state index contributed by atoms with van der Waals surface area (Å²) in [5.74, 6) is 3.92. The van der Waals surface area contributed by atoms with E-state index in [0.29, 0.717) is 6.54 Å². The predicted molar refractivity (Wildman–Crippen MR) is 67.5 cm³/mol. The highest BCUT2D eigenvalue weighted by Gasteiger charge is 2.22. The molecule has 1 heterocycles. The van der Waals surface area contributed by atoms with E-state index in [9.17, 15) is 9.59 Å². The summed E-state index contributed by atoms with van der Waals surface area (Å²) in [5, 5.41) is 8.94. The SMILES string of the molecule is CC#CC(=O)N1CCCc2cc(C(=O)O)ccc21. The van der Waals surface area contributed by atoms with E-state index in [1.54, 1.807) is 24.0 Å². The van der Waals surface area contributed by atoms with Crippen LogP contribution in [0.3, 0.4) is 0 Å². The average Bonchev–Trinajstić information content (AvgIpc) is 2.37. The Hall–Kier alpha value is -2.28. The maximum Gasteiger partial charge on any atom is 0.335 e. The summed E-state index contributed by atoms with van der Waals surface area (Å²) in [7, 11) is 0. The van der Waals surface area contributed by atoms with Crippen molar-refractivity contribution in [1.29, 1.82) is 0 Å². The first kappa shape index (κ1) is 12.2. The molecule has 1 amide bonds. The number of hydrogen-bond acceptors (Lipinski definition) is 2. The second kappa shape index (κ2) is 4.92. The van der Waals surface area contributed by atoms with Gasteiger partial charge >= 0.3 is 11.9 Å². The number of hydrogen-bond donors (Lipinski definition) is 1. The molecule has 18 heavy (non-hydrogen) atoms. The highest BCUT2D eigenvalue weighted by molar-refractivity contribution is 6.06. The molecule has 0 saturated heterocycles. The van der Waals surface area contributed by atoms with Crippen molar-refractivity contribution in [2.45, 2.75) is 19.8 Å². The lowest BCUT2D eigenvalue weighted by Crippen LogP contribution is -2.34. The summed E-state index contributed by atoms with van der Waals surface area (Å²) in [6.07, 6.45) is 1.62. The number of anilines is 1. The zero-order valence-electron chi connectivity index (χ0n) is 10.1. The molecule has 0 spiro atoms. The van der Waals surface area contributed by atoms with Crippen molar-refractivity contribution in [2.24, 2.45) is 0 Å². The number of carbonyl (C=O) groups excluding carboxylic acids is 1. The number of fused-ring (bicyclic) bond motifs is 1. The van der Waals surface area contributed by atoms with Crippen LogP contribution in [0.4, 0.5) is 5.69 Å². The molecule has 0 atom stereocenters. The summed E-state index contributed by atoms with van der Waals surface area (Å²) in [4.78, 5) is 24.3. The van der Waals surface area contributed by atoms with E-state index in [-0.39, 0.29) is 11.5 Å². The van der Waals surface area contributed by atoms with Gasteiger partial charge in [-0.3, -0.25) is 4.79 Å². The normalized spacial score (nSPS) is 13.3. The van der Waals surface area contributed by atoms with Gasteiger partial charge in [0.15, 0.2) is 0 Å². The smallest absolute Gasteiger partial charge is 0.335 e. The highest BCUT2D eigenvalue weighted by atomic mass is 16.4. The number of benzene rings is 1. The largest absolute Gasteiger partial charge is 0.478 e. The van der Waals surface area contributed by atoms with Crippen LogP contribution in [0.15, 0.2) is 18.2 Å². The number of aryl methyl sites for hydroxylation is 1. The fourth-order valence-corrected chi connectivity index (χ4v) is 2.12. The Balaban J connectivity index is 2.40. The number of amides is 1. The standard InChI is InChI=1S/C14H13NO3/c1-2-4-13(16)15-8-3-5-10-9-11(14(17)18)6-7-12(10)15/h6-7,9H,3,5,8H2,1H3,(H,17,18). The third-order valence-electron chi connectivity index (χ3n) is 2.92. The van der Waals surface area contributed by atoms with Crippen molar-refractivity contribution in [1.82, 2.24) is 0 Å². The number of rotatable bonds is 1. The van der Waals surface area contributed by atoms with Gasteiger partial charge < -0.3 is 10.0 Å². The molecule has 0 aliphatic carbocycles. The minimum absolute atomic E-state index is 0.235. The highest BCUT2D eigenvalue weighted by Crippen LogP contribution is 2.28. The first-order valence-corrected chi connectivity index (χ1v) is 5.74. The molecule has 0 radical (unpaired) electrons. The molecule has 2 rings (SSSR count). The van der Waals surface area contributed by atoms with Crippen LogP contribution >= 0.6 is 0 Å². The molecule has 1 aliphatic rings. The minimum Gasteiger partial charge on any atom is -0.478 e. The van der Waals surface area contributed by atoms with E-state index in [4.69, 9.17) is 5.11 Å². The van der Waals surface area contributed by atoms with Crippen LogP contribution in [0.5, 0.6) is 0 Å². The molecule has 0 saturated carbocycles. The molecule has 4 heteroatoms. The Kier molecular flexibility index (Phi) is 3.33. The zero-order valence-corrected chi connectivity index (χ0v) is 10.1. The molecule has 1 aliphatic heterocycles. The lowest BCUT2D eigenvalue weighted by atomic mass is 9.99. The fraction of sp³-hybridized carbons (Fsp3) is 0.286. The van der Waals surface area contributed by atoms with Gasteiger partial charge in [0.2, 0.25) is 0 Å². The summed E-state index contributed by atoms with van der Waals surface area (Å²) in [6.45, 7) is 2.25. The fourth-order valence-electron chi connectivity index (χ4n) is 2.12. The summed E-state index contributed by atoms with van der Waals surface area (Å²) >= 11 is 0. The van der Waals surface area contributed by atoms with Gasteiger partial charge in [0.1, 0.15) is 0 Å². The Morgan fingerprint density at radius 1 is 1.39 bits per heavy atom. The molecular formula is C14H13NO3. The first-order chi connectivity index (χ1) is 8.63. The Bertz CT molecular complexity index is 566. The first-order valence-electron chi connectivity index (χ1n) is 5.74. The van der Waals surface area contributed by atoms with E-state index in [1.807, 2.05) is 0 Å². The topological polar surface area (TPSA) is 57.6 Å². The van der Waals surface area contributed by atoms with Gasteiger partial charge in [-0.25, -0.2) is 4.79 Å².